The van der Waals surface area contributed by atoms with Gasteiger partial charge in [-0.3, -0.25) is 10.1 Å². The van der Waals surface area contributed by atoms with E-state index in [1.54, 1.807) is 0 Å². The lowest BCUT2D eigenvalue weighted by Crippen LogP contribution is -2.42. The Bertz CT molecular complexity index is 683. The van der Waals surface area contributed by atoms with Crippen molar-refractivity contribution in [3.05, 3.63) is 15.8 Å². The molecule has 0 spiro atoms. The molecule has 0 saturated carbocycles. The smallest absolute Gasteiger partial charge is 0.353 e. The molecular weight excluding hydrogens is 385 g/mol. The largest absolute Gasteiger partial charge is 0.470 e. The van der Waals surface area contributed by atoms with E-state index in [0.717, 1.165) is 12.8 Å². The third-order valence-electron chi connectivity index (χ3n) is 5.45. The molecule has 0 aromatic carbocycles. The molecule has 0 aliphatic carbocycles. The fourth-order valence-corrected chi connectivity index (χ4v) is 3.74. The Balaban J connectivity index is 2.08. The highest BCUT2D eigenvalue weighted by Gasteiger charge is 2.38. The number of halogens is 1. The van der Waals surface area contributed by atoms with Crippen LogP contribution in [0.25, 0.3) is 0 Å². The molecule has 0 bridgehead atoms. The molecule has 0 radical (unpaired) electrons. The molecule has 1 unspecified atom stereocenters. The zero-order valence-electron chi connectivity index (χ0n) is 17.7. The SMILES string of the molecule is Cc1nn(C2CCCCO2)c(OC[C@@H](F)CO[Si](C)(C)C(C)(C)C)c1[N+](=O)[O-]. The number of hydrogen-bond acceptors (Lipinski definition) is 6. The van der Waals surface area contributed by atoms with E-state index in [1.165, 1.54) is 11.6 Å². The Morgan fingerprint density at radius 3 is 2.61 bits per heavy atom. The van der Waals surface area contributed by atoms with Crippen molar-refractivity contribution in [3.63, 3.8) is 0 Å². The summed E-state index contributed by atoms with van der Waals surface area (Å²) in [6.45, 7) is 12.0. The Hall–Kier alpha value is -1.52. The molecule has 2 rings (SSSR count). The van der Waals surface area contributed by atoms with Crippen molar-refractivity contribution >= 4 is 14.0 Å². The van der Waals surface area contributed by atoms with Crippen molar-refractivity contribution in [2.75, 3.05) is 19.8 Å². The van der Waals surface area contributed by atoms with E-state index in [0.29, 0.717) is 13.0 Å². The van der Waals surface area contributed by atoms with Crippen LogP contribution in [-0.4, -0.2) is 49.0 Å². The van der Waals surface area contributed by atoms with Crippen molar-refractivity contribution in [1.82, 2.24) is 9.78 Å². The summed E-state index contributed by atoms with van der Waals surface area (Å²) in [6.07, 6.45) is 0.722. The van der Waals surface area contributed by atoms with Gasteiger partial charge in [-0.2, -0.15) is 9.78 Å². The standard InChI is InChI=1S/C18H32FN3O5Si/c1-13-16(22(23)24)17(21(20-13)15-9-7-8-10-25-15)26-11-14(19)12-27-28(5,6)18(2,3)4/h14-15H,7-12H2,1-6H3/t14-,15?/m1/s1. The second-order valence-corrected chi connectivity index (χ2v) is 13.6. The maximum Gasteiger partial charge on any atom is 0.353 e. The summed E-state index contributed by atoms with van der Waals surface area (Å²) in [7, 11) is -2.08. The van der Waals surface area contributed by atoms with Crippen LogP contribution in [0.15, 0.2) is 0 Å². The van der Waals surface area contributed by atoms with Crippen LogP contribution in [0.3, 0.4) is 0 Å². The van der Waals surface area contributed by atoms with Crippen LogP contribution < -0.4 is 4.74 Å². The predicted octanol–water partition coefficient (Wildman–Crippen LogP) is 4.54. The number of nitrogens with zero attached hydrogens (tertiary/aromatic N) is 3. The van der Waals surface area contributed by atoms with Crippen LogP contribution in [0.1, 0.15) is 52.0 Å². The lowest BCUT2D eigenvalue weighted by molar-refractivity contribution is -0.386. The van der Waals surface area contributed by atoms with Crippen LogP contribution in [0, 0.1) is 17.0 Å². The van der Waals surface area contributed by atoms with E-state index >= 15 is 0 Å². The zero-order valence-corrected chi connectivity index (χ0v) is 18.7. The van der Waals surface area contributed by atoms with Crippen molar-refractivity contribution in [1.29, 1.82) is 0 Å². The summed E-state index contributed by atoms with van der Waals surface area (Å²) < 4.78 is 33.0. The van der Waals surface area contributed by atoms with Gasteiger partial charge in [0.2, 0.25) is 0 Å². The first kappa shape index (κ1) is 22.8. The number of rotatable bonds is 8. The van der Waals surface area contributed by atoms with Gasteiger partial charge < -0.3 is 13.9 Å². The summed E-state index contributed by atoms with van der Waals surface area (Å²) in [4.78, 5) is 10.9. The van der Waals surface area contributed by atoms with Gasteiger partial charge in [-0.05, 0) is 44.3 Å². The summed E-state index contributed by atoms with van der Waals surface area (Å²) >= 11 is 0. The van der Waals surface area contributed by atoms with Gasteiger partial charge in [0, 0.05) is 6.61 Å². The minimum absolute atomic E-state index is 0.0274. The molecule has 0 N–H and O–H groups in total. The van der Waals surface area contributed by atoms with E-state index in [2.05, 4.69) is 25.9 Å². The zero-order chi connectivity index (χ0) is 21.1. The lowest BCUT2D eigenvalue weighted by Gasteiger charge is -2.36. The van der Waals surface area contributed by atoms with Gasteiger partial charge in [-0.25, -0.2) is 4.39 Å². The predicted molar refractivity (Wildman–Crippen MR) is 106 cm³/mol. The fourth-order valence-electron chi connectivity index (χ4n) is 2.71. The highest BCUT2D eigenvalue weighted by molar-refractivity contribution is 6.74. The molecule has 1 saturated heterocycles. The summed E-state index contributed by atoms with van der Waals surface area (Å²) in [5, 5.41) is 15.7. The molecule has 1 aliphatic heterocycles. The molecule has 1 fully saturated rings. The van der Waals surface area contributed by atoms with Crippen LogP contribution in [-0.2, 0) is 9.16 Å². The molecule has 2 heterocycles. The van der Waals surface area contributed by atoms with Crippen LogP contribution in [0.4, 0.5) is 10.1 Å². The summed E-state index contributed by atoms with van der Waals surface area (Å²) in [5.41, 5.74) is -0.0196. The van der Waals surface area contributed by atoms with Gasteiger partial charge in [-0.15, -0.1) is 0 Å². The van der Waals surface area contributed by atoms with Gasteiger partial charge in [0.15, 0.2) is 20.7 Å². The molecule has 2 atom stereocenters. The van der Waals surface area contributed by atoms with Gasteiger partial charge in [0.1, 0.15) is 12.3 Å². The molecule has 28 heavy (non-hydrogen) atoms. The summed E-state index contributed by atoms with van der Waals surface area (Å²) in [5.74, 6) is -0.0515. The minimum atomic E-state index is -2.08. The van der Waals surface area contributed by atoms with Crippen molar-refractivity contribution in [3.8, 4) is 5.88 Å². The maximum absolute atomic E-state index is 14.5. The monoisotopic (exact) mass is 417 g/mol. The average Bonchev–Trinajstić information content (AvgIpc) is 2.94. The van der Waals surface area contributed by atoms with Crippen molar-refractivity contribution in [2.24, 2.45) is 0 Å². The second-order valence-electron chi connectivity index (χ2n) is 8.74. The number of aromatic nitrogens is 2. The second kappa shape index (κ2) is 8.87. The fraction of sp³-hybridized carbons (Fsp3) is 0.833. The Morgan fingerprint density at radius 1 is 1.39 bits per heavy atom. The quantitative estimate of drug-likeness (QED) is 0.350. The molecule has 160 valence electrons. The number of aryl methyl sites for hydroxylation is 1. The number of alkyl halides is 1. The van der Waals surface area contributed by atoms with Crippen molar-refractivity contribution in [2.45, 2.75) is 77.5 Å². The lowest BCUT2D eigenvalue weighted by atomic mass is 10.2. The summed E-state index contributed by atoms with van der Waals surface area (Å²) in [6, 6.07) is 0. The van der Waals surface area contributed by atoms with Crippen LogP contribution in [0.2, 0.25) is 18.1 Å². The molecule has 1 aromatic rings. The van der Waals surface area contributed by atoms with Gasteiger partial charge in [-0.1, -0.05) is 20.8 Å². The third-order valence-corrected chi connectivity index (χ3v) is 9.95. The molecular formula is C18H32FN3O5Si. The normalized spacial score (nSPS) is 19.5. The minimum Gasteiger partial charge on any atom is -0.470 e. The maximum atomic E-state index is 14.5. The molecule has 1 aliphatic rings. The molecule has 1 aromatic heterocycles. The van der Waals surface area contributed by atoms with Gasteiger partial charge in [0.05, 0.1) is 11.5 Å². The third kappa shape index (κ3) is 5.29. The Labute approximate surface area is 166 Å². The number of hydrogen-bond donors (Lipinski definition) is 0. The van der Waals surface area contributed by atoms with E-state index in [4.69, 9.17) is 13.9 Å². The van der Waals surface area contributed by atoms with E-state index in [1.807, 2.05) is 13.1 Å². The van der Waals surface area contributed by atoms with E-state index < -0.39 is 25.6 Å². The topological polar surface area (TPSA) is 88.7 Å². The van der Waals surface area contributed by atoms with Crippen LogP contribution >= 0.6 is 0 Å². The molecule has 8 nitrogen and oxygen atoms in total. The van der Waals surface area contributed by atoms with E-state index in [9.17, 15) is 14.5 Å². The van der Waals surface area contributed by atoms with Gasteiger partial charge in [0.25, 0.3) is 5.88 Å². The number of nitro groups is 1. The van der Waals surface area contributed by atoms with Gasteiger partial charge >= 0.3 is 5.69 Å². The molecule has 10 heteroatoms. The Kier molecular flexibility index (Phi) is 7.21. The first-order chi connectivity index (χ1) is 12.9. The first-order valence-electron chi connectivity index (χ1n) is 9.70. The Morgan fingerprint density at radius 2 is 2.07 bits per heavy atom. The van der Waals surface area contributed by atoms with Crippen molar-refractivity contribution < 1.29 is 23.2 Å². The molecule has 0 amide bonds. The van der Waals surface area contributed by atoms with Crippen LogP contribution in [0.5, 0.6) is 5.88 Å². The number of ether oxygens (including phenoxy) is 2. The highest BCUT2D eigenvalue weighted by Crippen LogP contribution is 2.37. The first-order valence-corrected chi connectivity index (χ1v) is 12.6. The average molecular weight is 418 g/mol. The highest BCUT2D eigenvalue weighted by atomic mass is 28.4. The van der Waals surface area contributed by atoms with E-state index in [-0.39, 0.29) is 35.5 Å².